The summed E-state index contributed by atoms with van der Waals surface area (Å²) in [6, 6.07) is 16.9. The second-order valence-electron chi connectivity index (χ2n) is 5.29. The zero-order valence-electron chi connectivity index (χ0n) is 12.3. The first kappa shape index (κ1) is 14.1. The smallest absolute Gasteiger partial charge is 0.345 e. The number of non-ortho nitro benzene ring substituents is 1. The molecule has 0 fully saturated rings. The monoisotopic (exact) mass is 318 g/mol. The van der Waals surface area contributed by atoms with Crippen LogP contribution in [-0.2, 0) is 4.74 Å². The largest absolute Gasteiger partial charge is 0.403 e. The molecular weight excluding hydrogens is 308 g/mol. The van der Waals surface area contributed by atoms with E-state index in [1.165, 1.54) is 18.2 Å². The number of nitro groups is 1. The molecule has 0 saturated carbocycles. The molecule has 116 valence electrons. The Morgan fingerprint density at radius 1 is 0.958 bits per heavy atom. The van der Waals surface area contributed by atoms with Gasteiger partial charge in [0.15, 0.2) is 0 Å². The molecule has 0 N–H and O–H groups in total. The lowest BCUT2D eigenvalue weighted by molar-refractivity contribution is -0.384. The molecule has 1 aliphatic rings. The average Bonchev–Trinajstić information content (AvgIpc) is 2.59. The lowest BCUT2D eigenvalue weighted by Gasteiger charge is -2.18. The van der Waals surface area contributed by atoms with Gasteiger partial charge in [0.2, 0.25) is 5.90 Å². The lowest BCUT2D eigenvalue weighted by Crippen LogP contribution is -2.20. The Kier molecular flexibility index (Phi) is 3.09. The predicted octanol–water partition coefficient (Wildman–Crippen LogP) is 4.00. The molecule has 3 aromatic carbocycles. The number of hydrogen-bond acceptors (Lipinski definition) is 5. The summed E-state index contributed by atoms with van der Waals surface area (Å²) in [5.74, 6) is -0.340. The third-order valence-corrected chi connectivity index (χ3v) is 3.82. The average molecular weight is 318 g/mol. The van der Waals surface area contributed by atoms with Gasteiger partial charge in [-0.25, -0.2) is 9.79 Å². The molecular formula is C18H10N2O4. The van der Waals surface area contributed by atoms with Gasteiger partial charge in [0.1, 0.15) is 0 Å². The molecule has 0 aromatic heterocycles. The summed E-state index contributed by atoms with van der Waals surface area (Å²) in [6.07, 6.45) is 0. The Morgan fingerprint density at radius 3 is 2.42 bits per heavy atom. The molecule has 1 heterocycles. The van der Waals surface area contributed by atoms with Gasteiger partial charge in [0, 0.05) is 23.1 Å². The molecule has 0 saturated heterocycles. The van der Waals surface area contributed by atoms with E-state index in [-0.39, 0.29) is 11.6 Å². The normalized spacial score (nSPS) is 14.7. The maximum atomic E-state index is 12.2. The van der Waals surface area contributed by atoms with Crippen molar-refractivity contribution in [3.8, 4) is 0 Å². The molecule has 0 radical (unpaired) electrons. The highest BCUT2D eigenvalue weighted by Crippen LogP contribution is 2.30. The highest BCUT2D eigenvalue weighted by molar-refractivity contribution is 6.22. The molecule has 0 unspecified atom stereocenters. The van der Waals surface area contributed by atoms with Gasteiger partial charge in [-0.15, -0.1) is 0 Å². The summed E-state index contributed by atoms with van der Waals surface area (Å²) in [5.41, 5.74) is 1.45. The number of benzene rings is 3. The summed E-state index contributed by atoms with van der Waals surface area (Å²) in [4.78, 5) is 26.9. The molecule has 24 heavy (non-hydrogen) atoms. The van der Waals surface area contributed by atoms with Crippen molar-refractivity contribution in [3.05, 3.63) is 81.9 Å². The van der Waals surface area contributed by atoms with Crippen LogP contribution in [-0.4, -0.2) is 16.8 Å². The van der Waals surface area contributed by atoms with Crippen LogP contribution in [0.15, 0.2) is 65.7 Å². The highest BCUT2D eigenvalue weighted by Gasteiger charge is 2.25. The van der Waals surface area contributed by atoms with Crippen LogP contribution >= 0.6 is 0 Å². The van der Waals surface area contributed by atoms with Crippen molar-refractivity contribution in [2.45, 2.75) is 0 Å². The molecule has 0 spiro atoms. The van der Waals surface area contributed by atoms with Crippen LogP contribution in [0.25, 0.3) is 10.8 Å². The van der Waals surface area contributed by atoms with Crippen LogP contribution in [0.3, 0.4) is 0 Å². The van der Waals surface area contributed by atoms with Crippen LogP contribution < -0.4 is 0 Å². The molecule has 0 amide bonds. The maximum Gasteiger partial charge on any atom is 0.345 e. The Bertz CT molecular complexity index is 1030. The minimum Gasteiger partial charge on any atom is -0.403 e. The van der Waals surface area contributed by atoms with Crippen molar-refractivity contribution in [2.75, 3.05) is 0 Å². The molecule has 4 rings (SSSR count). The predicted molar refractivity (Wildman–Crippen MR) is 88.7 cm³/mol. The van der Waals surface area contributed by atoms with E-state index in [2.05, 4.69) is 4.99 Å². The minimum absolute atomic E-state index is 0.0717. The topological polar surface area (TPSA) is 81.8 Å². The van der Waals surface area contributed by atoms with Gasteiger partial charge in [-0.05, 0) is 23.6 Å². The van der Waals surface area contributed by atoms with Gasteiger partial charge in [-0.1, -0.05) is 30.3 Å². The summed E-state index contributed by atoms with van der Waals surface area (Å²) in [6.45, 7) is 0. The van der Waals surface area contributed by atoms with Crippen molar-refractivity contribution in [2.24, 2.45) is 4.99 Å². The number of nitro benzene ring substituents is 1. The van der Waals surface area contributed by atoms with E-state index in [0.29, 0.717) is 16.8 Å². The first-order valence-electron chi connectivity index (χ1n) is 7.21. The second-order valence-corrected chi connectivity index (χ2v) is 5.29. The van der Waals surface area contributed by atoms with Crippen LogP contribution in [0.2, 0.25) is 0 Å². The Balaban J connectivity index is 1.92. The van der Waals surface area contributed by atoms with Crippen molar-refractivity contribution in [3.63, 3.8) is 0 Å². The second kappa shape index (κ2) is 5.27. The van der Waals surface area contributed by atoms with Crippen LogP contribution in [0.5, 0.6) is 0 Å². The molecule has 0 bridgehead atoms. The Hall–Kier alpha value is -3.54. The molecule has 6 heteroatoms. The summed E-state index contributed by atoms with van der Waals surface area (Å²) in [7, 11) is 0. The number of esters is 1. The zero-order valence-corrected chi connectivity index (χ0v) is 12.3. The van der Waals surface area contributed by atoms with E-state index in [4.69, 9.17) is 4.74 Å². The molecule has 6 nitrogen and oxygen atoms in total. The van der Waals surface area contributed by atoms with E-state index in [9.17, 15) is 14.9 Å². The van der Waals surface area contributed by atoms with Gasteiger partial charge >= 0.3 is 5.97 Å². The van der Waals surface area contributed by atoms with Crippen LogP contribution in [0.4, 0.5) is 11.4 Å². The molecule has 0 aliphatic carbocycles. The summed E-state index contributed by atoms with van der Waals surface area (Å²) in [5, 5.41) is 12.6. The quantitative estimate of drug-likeness (QED) is 0.406. The number of carbonyl (C=O) groups is 1. The lowest BCUT2D eigenvalue weighted by atomic mass is 9.97. The number of nitrogens with zero attached hydrogens (tertiary/aromatic N) is 2. The number of cyclic esters (lactones) is 1. The van der Waals surface area contributed by atoms with E-state index >= 15 is 0 Å². The molecule has 1 aliphatic heterocycles. The fraction of sp³-hybridized carbons (Fsp3) is 0. The van der Waals surface area contributed by atoms with Gasteiger partial charge < -0.3 is 4.74 Å². The van der Waals surface area contributed by atoms with Gasteiger partial charge in [-0.3, -0.25) is 10.1 Å². The van der Waals surface area contributed by atoms with Crippen molar-refractivity contribution >= 4 is 34.0 Å². The fourth-order valence-electron chi connectivity index (χ4n) is 2.76. The Morgan fingerprint density at radius 2 is 1.67 bits per heavy atom. The highest BCUT2D eigenvalue weighted by atomic mass is 16.6. The number of aliphatic imine (C=N–C) groups is 1. The van der Waals surface area contributed by atoms with Gasteiger partial charge in [0.05, 0.1) is 16.2 Å². The first-order valence-corrected chi connectivity index (χ1v) is 7.21. The maximum absolute atomic E-state index is 12.2. The summed E-state index contributed by atoms with van der Waals surface area (Å²) >= 11 is 0. The fourth-order valence-corrected chi connectivity index (χ4v) is 2.76. The number of carbonyl (C=O) groups excluding carboxylic acids is 1. The van der Waals surface area contributed by atoms with E-state index in [1.807, 2.05) is 24.3 Å². The number of ether oxygens (including phenoxy) is 1. The third-order valence-electron chi connectivity index (χ3n) is 3.82. The molecule has 0 atom stereocenters. The van der Waals surface area contributed by atoms with Crippen molar-refractivity contribution in [1.82, 2.24) is 0 Å². The Labute approximate surface area is 136 Å². The van der Waals surface area contributed by atoms with Crippen LogP contribution in [0.1, 0.15) is 15.9 Å². The zero-order chi connectivity index (χ0) is 16.7. The van der Waals surface area contributed by atoms with Crippen molar-refractivity contribution < 1.29 is 14.5 Å². The summed E-state index contributed by atoms with van der Waals surface area (Å²) < 4.78 is 5.35. The van der Waals surface area contributed by atoms with E-state index < -0.39 is 10.9 Å². The third kappa shape index (κ3) is 2.21. The van der Waals surface area contributed by atoms with Crippen LogP contribution in [0, 0.1) is 10.1 Å². The standard InChI is InChI=1S/C18H10N2O4/c21-18-15-9-2-5-11-4-1-8-14(16(11)15)17(24-18)19-12-6-3-7-13(10-12)20(22)23/h1-10H. The first-order chi connectivity index (χ1) is 11.6. The van der Waals surface area contributed by atoms with Crippen molar-refractivity contribution in [1.29, 1.82) is 0 Å². The SMILES string of the molecule is O=C1OC(=Nc2cccc([N+](=O)[O-])c2)c2cccc3cccc1c23. The molecule has 3 aromatic rings. The van der Waals surface area contributed by atoms with Gasteiger partial charge in [-0.2, -0.15) is 0 Å². The van der Waals surface area contributed by atoms with Gasteiger partial charge in [0.25, 0.3) is 5.69 Å². The van der Waals surface area contributed by atoms with E-state index in [0.717, 1.165) is 10.8 Å². The minimum atomic E-state index is -0.493. The van der Waals surface area contributed by atoms with E-state index in [1.54, 1.807) is 18.2 Å². The number of rotatable bonds is 2. The number of hydrogen-bond donors (Lipinski definition) is 0.